The second kappa shape index (κ2) is 7.78. The zero-order valence-electron chi connectivity index (χ0n) is 10.9. The molecule has 1 aromatic rings. The highest BCUT2D eigenvalue weighted by atomic mass is 32.2. The number of esters is 1. The summed E-state index contributed by atoms with van der Waals surface area (Å²) in [6.45, 7) is 2.19. The number of rotatable bonds is 6. The van der Waals surface area contributed by atoms with Gasteiger partial charge in [-0.05, 0) is 31.2 Å². The van der Waals surface area contributed by atoms with Gasteiger partial charge in [0.05, 0.1) is 12.9 Å². The van der Waals surface area contributed by atoms with Crippen LogP contribution in [0.5, 0.6) is 0 Å². The number of carbonyl (C=O) groups excluding carboxylic acids is 2. The van der Waals surface area contributed by atoms with Crippen LogP contribution in [0.25, 0.3) is 0 Å². The molecule has 0 aliphatic carbocycles. The van der Waals surface area contributed by atoms with Crippen LogP contribution in [0.3, 0.4) is 0 Å². The third-order valence-electron chi connectivity index (χ3n) is 2.46. The molecule has 0 spiro atoms. The molecule has 0 atom stereocenters. The number of ether oxygens (including phenoxy) is 1. The van der Waals surface area contributed by atoms with Crippen molar-refractivity contribution in [2.45, 2.75) is 11.8 Å². The van der Waals surface area contributed by atoms with E-state index in [1.54, 1.807) is 19.1 Å². The molecule has 0 aliphatic heterocycles. The van der Waals surface area contributed by atoms with Crippen LogP contribution in [0.4, 0.5) is 4.39 Å². The van der Waals surface area contributed by atoms with Crippen molar-refractivity contribution in [1.29, 1.82) is 0 Å². The molecule has 6 heteroatoms. The maximum atomic E-state index is 12.7. The van der Waals surface area contributed by atoms with Crippen molar-refractivity contribution in [3.8, 4) is 0 Å². The van der Waals surface area contributed by atoms with E-state index in [1.165, 1.54) is 35.9 Å². The average molecular weight is 285 g/mol. The largest absolute Gasteiger partial charge is 0.468 e. The van der Waals surface area contributed by atoms with Gasteiger partial charge in [-0.15, -0.1) is 11.8 Å². The fourth-order valence-corrected chi connectivity index (χ4v) is 2.17. The van der Waals surface area contributed by atoms with E-state index < -0.39 is 5.97 Å². The van der Waals surface area contributed by atoms with Crippen LogP contribution in [0, 0.1) is 5.82 Å². The topological polar surface area (TPSA) is 46.6 Å². The molecule has 4 nitrogen and oxygen atoms in total. The predicted octanol–water partition coefficient (Wildman–Crippen LogP) is 1.94. The lowest BCUT2D eigenvalue weighted by atomic mass is 10.4. The van der Waals surface area contributed by atoms with Crippen molar-refractivity contribution in [2.24, 2.45) is 0 Å². The number of benzene rings is 1. The number of hydrogen-bond donors (Lipinski definition) is 0. The summed E-state index contributed by atoms with van der Waals surface area (Å²) in [6, 6.07) is 5.92. The Kier molecular flexibility index (Phi) is 6.35. The molecule has 0 saturated heterocycles. The van der Waals surface area contributed by atoms with Crippen LogP contribution in [0.2, 0.25) is 0 Å². The lowest BCUT2D eigenvalue weighted by Gasteiger charge is -2.19. The van der Waals surface area contributed by atoms with Crippen molar-refractivity contribution >= 4 is 23.6 Å². The fourth-order valence-electron chi connectivity index (χ4n) is 1.36. The second-order valence-corrected chi connectivity index (χ2v) is 4.78. The number of likely N-dealkylation sites (N-methyl/N-ethyl adjacent to an activating group) is 1. The van der Waals surface area contributed by atoms with Gasteiger partial charge in [-0.2, -0.15) is 0 Å². The number of methoxy groups -OCH3 is 1. The molecule has 1 aromatic carbocycles. The second-order valence-electron chi connectivity index (χ2n) is 3.73. The van der Waals surface area contributed by atoms with Crippen molar-refractivity contribution in [2.75, 3.05) is 26.0 Å². The van der Waals surface area contributed by atoms with Crippen LogP contribution in [-0.4, -0.2) is 42.7 Å². The molecule has 0 saturated carbocycles. The molecule has 0 bridgehead atoms. The summed E-state index contributed by atoms with van der Waals surface area (Å²) in [7, 11) is 1.29. The van der Waals surface area contributed by atoms with E-state index in [9.17, 15) is 14.0 Å². The lowest BCUT2D eigenvalue weighted by Crippen LogP contribution is -2.37. The summed E-state index contributed by atoms with van der Waals surface area (Å²) in [4.78, 5) is 25.3. The minimum absolute atomic E-state index is 0.0458. The van der Waals surface area contributed by atoms with Gasteiger partial charge >= 0.3 is 5.97 Å². The third kappa shape index (κ3) is 5.30. The van der Waals surface area contributed by atoms with E-state index in [2.05, 4.69) is 4.74 Å². The van der Waals surface area contributed by atoms with E-state index in [0.29, 0.717) is 6.54 Å². The number of thioether (sulfide) groups is 1. The van der Waals surface area contributed by atoms with Crippen molar-refractivity contribution < 1.29 is 18.7 Å². The lowest BCUT2D eigenvalue weighted by molar-refractivity contribution is -0.146. The van der Waals surface area contributed by atoms with Crippen LogP contribution < -0.4 is 0 Å². The highest BCUT2D eigenvalue weighted by Crippen LogP contribution is 2.18. The summed E-state index contributed by atoms with van der Waals surface area (Å²) in [5.74, 6) is -0.697. The normalized spacial score (nSPS) is 10.1. The number of halogens is 1. The Morgan fingerprint density at radius 1 is 1.32 bits per heavy atom. The number of nitrogens with zero attached hydrogens (tertiary/aromatic N) is 1. The Labute approximate surface area is 115 Å². The first kappa shape index (κ1) is 15.5. The Balaban J connectivity index is 2.48. The van der Waals surface area contributed by atoms with E-state index >= 15 is 0 Å². The highest BCUT2D eigenvalue weighted by Gasteiger charge is 2.15. The highest BCUT2D eigenvalue weighted by molar-refractivity contribution is 8.00. The Hall–Kier alpha value is -1.56. The van der Waals surface area contributed by atoms with Gasteiger partial charge in [0.15, 0.2) is 0 Å². The Morgan fingerprint density at radius 2 is 1.95 bits per heavy atom. The standard InChI is InChI=1S/C13H16FNO3S/c1-3-15(8-13(17)18-2)12(16)9-19-11-6-4-10(14)5-7-11/h4-7H,3,8-9H2,1-2H3. The summed E-state index contributed by atoms with van der Waals surface area (Å²) < 4.78 is 17.2. The Bertz CT molecular complexity index is 436. The first-order valence-electron chi connectivity index (χ1n) is 5.79. The maximum Gasteiger partial charge on any atom is 0.325 e. The van der Waals surface area contributed by atoms with Crippen LogP contribution in [0.1, 0.15) is 6.92 Å². The molecule has 0 aromatic heterocycles. The Morgan fingerprint density at radius 3 is 2.47 bits per heavy atom. The van der Waals surface area contributed by atoms with Gasteiger partial charge in [-0.3, -0.25) is 9.59 Å². The van der Waals surface area contributed by atoms with Crippen molar-refractivity contribution in [3.63, 3.8) is 0 Å². The average Bonchev–Trinajstić information content (AvgIpc) is 2.43. The molecule has 0 aliphatic rings. The smallest absolute Gasteiger partial charge is 0.325 e. The zero-order valence-corrected chi connectivity index (χ0v) is 11.7. The molecule has 1 rings (SSSR count). The maximum absolute atomic E-state index is 12.7. The van der Waals surface area contributed by atoms with Crippen molar-refractivity contribution in [3.05, 3.63) is 30.1 Å². The number of amides is 1. The number of carbonyl (C=O) groups is 2. The molecule has 0 radical (unpaired) electrons. The van der Waals surface area contributed by atoms with Crippen LogP contribution in [0.15, 0.2) is 29.2 Å². The molecule has 0 heterocycles. The van der Waals surface area contributed by atoms with Gasteiger partial charge in [-0.1, -0.05) is 0 Å². The minimum Gasteiger partial charge on any atom is -0.468 e. The molecular formula is C13H16FNO3S. The van der Waals surface area contributed by atoms with E-state index in [1.807, 2.05) is 0 Å². The summed E-state index contributed by atoms with van der Waals surface area (Å²) in [5, 5.41) is 0. The van der Waals surface area contributed by atoms with Gasteiger partial charge in [0.25, 0.3) is 0 Å². The van der Waals surface area contributed by atoms with Gasteiger partial charge < -0.3 is 9.64 Å². The van der Waals surface area contributed by atoms with E-state index in [0.717, 1.165) is 4.90 Å². The molecular weight excluding hydrogens is 269 g/mol. The zero-order chi connectivity index (χ0) is 14.3. The summed E-state index contributed by atoms with van der Waals surface area (Å²) in [5.41, 5.74) is 0. The predicted molar refractivity (Wildman–Crippen MR) is 71.4 cm³/mol. The third-order valence-corrected chi connectivity index (χ3v) is 3.45. The minimum atomic E-state index is -0.443. The molecule has 1 amide bonds. The van der Waals surface area contributed by atoms with Gasteiger partial charge in [-0.25, -0.2) is 4.39 Å². The number of hydrogen-bond acceptors (Lipinski definition) is 4. The molecule has 0 unspecified atom stereocenters. The van der Waals surface area contributed by atoms with Crippen LogP contribution in [-0.2, 0) is 14.3 Å². The quantitative estimate of drug-likeness (QED) is 0.592. The fraction of sp³-hybridized carbons (Fsp3) is 0.385. The first-order chi connectivity index (χ1) is 9.06. The molecule has 104 valence electrons. The summed E-state index contributed by atoms with van der Waals surface area (Å²) >= 11 is 1.31. The van der Waals surface area contributed by atoms with E-state index in [4.69, 9.17) is 0 Å². The van der Waals surface area contributed by atoms with Crippen LogP contribution >= 0.6 is 11.8 Å². The van der Waals surface area contributed by atoms with Crippen molar-refractivity contribution in [1.82, 2.24) is 4.90 Å². The monoisotopic (exact) mass is 285 g/mol. The van der Waals surface area contributed by atoms with Gasteiger partial charge in [0.2, 0.25) is 5.91 Å². The summed E-state index contributed by atoms with van der Waals surface area (Å²) in [6.07, 6.45) is 0. The first-order valence-corrected chi connectivity index (χ1v) is 6.78. The van der Waals surface area contributed by atoms with Gasteiger partial charge in [0, 0.05) is 11.4 Å². The SMILES string of the molecule is CCN(CC(=O)OC)C(=O)CSc1ccc(F)cc1. The van der Waals surface area contributed by atoms with E-state index in [-0.39, 0.29) is 24.0 Å². The molecule has 0 fully saturated rings. The molecule has 19 heavy (non-hydrogen) atoms. The molecule has 0 N–H and O–H groups in total. The van der Waals surface area contributed by atoms with Gasteiger partial charge in [0.1, 0.15) is 12.4 Å².